The normalized spacial score (nSPS) is 38.7. The van der Waals surface area contributed by atoms with Crippen LogP contribution in [-0.2, 0) is 0 Å². The van der Waals surface area contributed by atoms with Crippen LogP contribution in [0.4, 0.5) is 0 Å². The van der Waals surface area contributed by atoms with Gasteiger partial charge in [0, 0.05) is 6.04 Å². The molecule has 0 atom stereocenters. The van der Waals surface area contributed by atoms with Gasteiger partial charge in [-0.05, 0) is 18.8 Å². The van der Waals surface area contributed by atoms with E-state index in [2.05, 4.69) is 0 Å². The Labute approximate surface area is 68.2 Å². The molecule has 0 aromatic rings. The highest BCUT2D eigenvalue weighted by Crippen LogP contribution is 2.36. The second-order valence-electron chi connectivity index (χ2n) is 3.43. The van der Waals surface area contributed by atoms with Crippen molar-refractivity contribution in [3.05, 3.63) is 0 Å². The summed E-state index contributed by atoms with van der Waals surface area (Å²) in [5.41, 5.74) is 5.10. The maximum absolute atomic E-state index is 9.58. The van der Waals surface area contributed by atoms with Gasteiger partial charge in [0.2, 0.25) is 0 Å². The number of hydrogen-bond acceptors (Lipinski definition) is 2. The molecule has 3 heteroatoms. The van der Waals surface area contributed by atoms with Crippen LogP contribution in [0, 0.1) is 5.92 Å². The van der Waals surface area contributed by atoms with Gasteiger partial charge in [-0.2, -0.15) is 0 Å². The Kier molecular flexibility index (Phi) is 3.14. The van der Waals surface area contributed by atoms with Crippen LogP contribution in [0.1, 0.15) is 26.7 Å². The second kappa shape index (κ2) is 3.07. The minimum absolute atomic E-state index is 0. The summed E-state index contributed by atoms with van der Waals surface area (Å²) in [7, 11) is 0. The van der Waals surface area contributed by atoms with E-state index in [1.165, 1.54) is 0 Å². The molecule has 0 aliphatic heterocycles. The van der Waals surface area contributed by atoms with Gasteiger partial charge in [0.15, 0.2) is 0 Å². The van der Waals surface area contributed by atoms with E-state index in [0.717, 1.165) is 12.8 Å². The van der Waals surface area contributed by atoms with E-state index in [1.807, 2.05) is 13.8 Å². The summed E-state index contributed by atoms with van der Waals surface area (Å²) < 4.78 is 0. The van der Waals surface area contributed by atoms with Crippen molar-refractivity contribution >= 4 is 12.4 Å². The van der Waals surface area contributed by atoms with Crippen LogP contribution in [0.3, 0.4) is 0 Å². The largest absolute Gasteiger partial charge is 0.390 e. The van der Waals surface area contributed by atoms with Gasteiger partial charge in [-0.1, -0.05) is 13.8 Å². The van der Waals surface area contributed by atoms with Gasteiger partial charge >= 0.3 is 0 Å². The Balaban J connectivity index is 0.000000810. The van der Waals surface area contributed by atoms with Gasteiger partial charge in [0.1, 0.15) is 0 Å². The van der Waals surface area contributed by atoms with E-state index in [9.17, 15) is 5.11 Å². The first-order valence-electron chi connectivity index (χ1n) is 3.52. The molecule has 62 valence electrons. The van der Waals surface area contributed by atoms with Gasteiger partial charge in [-0.15, -0.1) is 12.4 Å². The summed E-state index contributed by atoms with van der Waals surface area (Å²) in [6, 6.07) is 0.248. The van der Waals surface area contributed by atoms with Crippen LogP contribution in [0.25, 0.3) is 0 Å². The third-order valence-electron chi connectivity index (χ3n) is 2.31. The summed E-state index contributed by atoms with van der Waals surface area (Å²) in [4.78, 5) is 0. The minimum Gasteiger partial charge on any atom is -0.390 e. The first kappa shape index (κ1) is 10.2. The Morgan fingerprint density at radius 2 is 1.90 bits per heavy atom. The molecule has 0 radical (unpaired) electrons. The molecule has 1 aliphatic rings. The van der Waals surface area contributed by atoms with Crippen molar-refractivity contribution in [1.82, 2.24) is 0 Å². The third-order valence-corrected chi connectivity index (χ3v) is 2.31. The fourth-order valence-electron chi connectivity index (χ4n) is 1.32. The van der Waals surface area contributed by atoms with Gasteiger partial charge < -0.3 is 10.8 Å². The van der Waals surface area contributed by atoms with Crippen molar-refractivity contribution in [3.8, 4) is 0 Å². The Morgan fingerprint density at radius 3 is 2.00 bits per heavy atom. The average molecular weight is 166 g/mol. The van der Waals surface area contributed by atoms with Gasteiger partial charge in [-0.3, -0.25) is 0 Å². The minimum atomic E-state index is -0.431. The average Bonchev–Trinajstić information content (AvgIpc) is 1.62. The monoisotopic (exact) mass is 165 g/mol. The van der Waals surface area contributed by atoms with Crippen LogP contribution >= 0.6 is 12.4 Å². The highest BCUT2D eigenvalue weighted by Gasteiger charge is 2.42. The lowest BCUT2D eigenvalue weighted by Gasteiger charge is -2.44. The smallest absolute Gasteiger partial charge is 0.0700 e. The molecule has 1 fully saturated rings. The predicted octanol–water partition coefficient (Wildman–Crippen LogP) is 0.916. The van der Waals surface area contributed by atoms with E-state index in [-0.39, 0.29) is 18.4 Å². The predicted molar refractivity (Wildman–Crippen MR) is 44.2 cm³/mol. The first-order valence-corrected chi connectivity index (χ1v) is 3.52. The number of halogens is 1. The number of aliphatic hydroxyl groups is 1. The molecule has 0 heterocycles. The molecule has 1 aliphatic carbocycles. The van der Waals surface area contributed by atoms with Gasteiger partial charge in [-0.25, -0.2) is 0 Å². The maximum atomic E-state index is 9.58. The third kappa shape index (κ3) is 1.62. The van der Waals surface area contributed by atoms with Crippen LogP contribution in [0.15, 0.2) is 0 Å². The Hall–Kier alpha value is 0.210. The molecular formula is C7H16ClNO. The van der Waals surface area contributed by atoms with Crippen molar-refractivity contribution in [2.24, 2.45) is 11.7 Å². The molecule has 2 nitrogen and oxygen atoms in total. The zero-order valence-electron chi connectivity index (χ0n) is 6.50. The standard InChI is InChI=1S/C7H15NO.ClH/c1-5(2)7(9)3-6(8)4-7;/h5-6,9H,3-4,8H2,1-2H3;1H. The summed E-state index contributed by atoms with van der Waals surface area (Å²) >= 11 is 0. The van der Waals surface area contributed by atoms with Gasteiger partial charge in [0.05, 0.1) is 5.60 Å². The summed E-state index contributed by atoms with van der Waals surface area (Å²) in [6.45, 7) is 4.07. The van der Waals surface area contributed by atoms with E-state index in [0.29, 0.717) is 5.92 Å². The summed E-state index contributed by atoms with van der Waals surface area (Å²) in [5, 5.41) is 9.58. The lowest BCUT2D eigenvalue weighted by atomic mass is 9.69. The molecule has 1 rings (SSSR count). The Morgan fingerprint density at radius 1 is 1.50 bits per heavy atom. The lowest BCUT2D eigenvalue weighted by molar-refractivity contribution is -0.0834. The molecule has 0 spiro atoms. The molecule has 0 aromatic carbocycles. The van der Waals surface area contributed by atoms with Crippen LogP contribution in [-0.4, -0.2) is 16.7 Å². The number of nitrogens with two attached hydrogens (primary N) is 1. The van der Waals surface area contributed by atoms with Crippen molar-refractivity contribution in [2.45, 2.75) is 38.3 Å². The highest BCUT2D eigenvalue weighted by molar-refractivity contribution is 5.85. The number of rotatable bonds is 1. The van der Waals surface area contributed by atoms with E-state index in [1.54, 1.807) is 0 Å². The van der Waals surface area contributed by atoms with E-state index < -0.39 is 5.60 Å². The van der Waals surface area contributed by atoms with Crippen LogP contribution in [0.5, 0.6) is 0 Å². The summed E-state index contributed by atoms with van der Waals surface area (Å²) in [5.74, 6) is 0.359. The fourth-order valence-corrected chi connectivity index (χ4v) is 1.32. The number of hydrogen-bond donors (Lipinski definition) is 2. The SMILES string of the molecule is CC(C)C1(O)CC(N)C1.Cl. The molecule has 3 N–H and O–H groups in total. The maximum Gasteiger partial charge on any atom is 0.0700 e. The van der Waals surface area contributed by atoms with Gasteiger partial charge in [0.25, 0.3) is 0 Å². The lowest BCUT2D eigenvalue weighted by Crippen LogP contribution is -2.54. The molecule has 10 heavy (non-hydrogen) atoms. The van der Waals surface area contributed by atoms with Crippen molar-refractivity contribution in [2.75, 3.05) is 0 Å². The zero-order valence-corrected chi connectivity index (χ0v) is 7.32. The molecule has 0 unspecified atom stereocenters. The molecule has 1 saturated carbocycles. The molecule has 0 bridgehead atoms. The summed E-state index contributed by atoms with van der Waals surface area (Å²) in [6.07, 6.45) is 1.56. The second-order valence-corrected chi connectivity index (χ2v) is 3.43. The molecular weight excluding hydrogens is 150 g/mol. The quantitative estimate of drug-likeness (QED) is 0.607. The topological polar surface area (TPSA) is 46.2 Å². The van der Waals surface area contributed by atoms with Crippen LogP contribution < -0.4 is 5.73 Å². The Bertz CT molecular complexity index is 110. The van der Waals surface area contributed by atoms with Crippen molar-refractivity contribution in [1.29, 1.82) is 0 Å². The first-order chi connectivity index (χ1) is 4.04. The van der Waals surface area contributed by atoms with Crippen LogP contribution in [0.2, 0.25) is 0 Å². The fraction of sp³-hybridized carbons (Fsp3) is 1.00. The van der Waals surface area contributed by atoms with Crippen molar-refractivity contribution < 1.29 is 5.11 Å². The zero-order chi connectivity index (χ0) is 7.07. The highest BCUT2D eigenvalue weighted by atomic mass is 35.5. The molecule has 0 saturated heterocycles. The van der Waals surface area contributed by atoms with E-state index in [4.69, 9.17) is 5.73 Å². The molecule has 0 amide bonds. The molecule has 0 aromatic heterocycles. The van der Waals surface area contributed by atoms with E-state index >= 15 is 0 Å². The van der Waals surface area contributed by atoms with Crippen molar-refractivity contribution in [3.63, 3.8) is 0 Å².